The molecule has 0 aliphatic carbocycles. The highest BCUT2D eigenvalue weighted by Crippen LogP contribution is 2.42. The maximum absolute atomic E-state index is 16.0. The Kier molecular flexibility index (Phi) is 8.47. The van der Waals surface area contributed by atoms with Gasteiger partial charge in [0, 0.05) is 46.2 Å². The lowest BCUT2D eigenvalue weighted by atomic mass is 9.71. The van der Waals surface area contributed by atoms with Crippen LogP contribution in [0.3, 0.4) is 0 Å². The van der Waals surface area contributed by atoms with E-state index in [1.54, 1.807) is 12.1 Å². The number of hydrogen-bond donors (Lipinski definition) is 1. The molecule has 5 heterocycles. The van der Waals surface area contributed by atoms with Crippen molar-refractivity contribution in [1.82, 2.24) is 24.3 Å². The lowest BCUT2D eigenvalue weighted by Crippen LogP contribution is -2.50. The predicted molar refractivity (Wildman–Crippen MR) is 169 cm³/mol. The molecule has 4 aliphatic heterocycles. The number of imide groups is 1. The number of carbonyl (C=O) groups excluding carboxylic acids is 3. The summed E-state index contributed by atoms with van der Waals surface area (Å²) in [5, 5.41) is 2.30. The first-order valence-electron chi connectivity index (χ1n) is 16.5. The Labute approximate surface area is 263 Å². The van der Waals surface area contributed by atoms with E-state index < -0.39 is 29.1 Å². The van der Waals surface area contributed by atoms with E-state index in [1.165, 1.54) is 16.2 Å². The van der Waals surface area contributed by atoms with Gasteiger partial charge in [0.2, 0.25) is 11.8 Å². The van der Waals surface area contributed by atoms with Crippen molar-refractivity contribution >= 4 is 34.6 Å². The third-order valence-corrected chi connectivity index (χ3v) is 10.5. The molecular formula is C33H47FN6O5. The molecular weight excluding hydrogens is 579 g/mol. The SMILES string of the molecule is Cn1c(=O)n(C2CCC(=O)NC2=O)c2ccc(N3CCC(CN4CCC5(CC4)CCN(C(=O)OC(C)(C)C)CC5)CC3)c(F)c21. The molecule has 0 radical (unpaired) electrons. The molecule has 1 spiro atoms. The number of likely N-dealkylation sites (tertiary alicyclic amines) is 2. The van der Waals surface area contributed by atoms with E-state index in [0.717, 1.165) is 84.3 Å². The molecule has 11 nitrogen and oxygen atoms in total. The van der Waals surface area contributed by atoms with Crippen molar-refractivity contribution in [1.29, 1.82) is 0 Å². The van der Waals surface area contributed by atoms with E-state index in [0.29, 0.717) is 22.5 Å². The lowest BCUT2D eigenvalue weighted by molar-refractivity contribution is -0.135. The highest BCUT2D eigenvalue weighted by molar-refractivity contribution is 6.00. The van der Waals surface area contributed by atoms with Gasteiger partial charge in [0.15, 0.2) is 5.82 Å². The fourth-order valence-corrected chi connectivity index (χ4v) is 7.81. The summed E-state index contributed by atoms with van der Waals surface area (Å²) in [4.78, 5) is 56.3. The molecule has 3 amide bonds. The van der Waals surface area contributed by atoms with Crippen molar-refractivity contribution in [3.05, 3.63) is 28.4 Å². The van der Waals surface area contributed by atoms with Crippen LogP contribution in [0.25, 0.3) is 11.0 Å². The zero-order chi connectivity index (χ0) is 32.1. The molecule has 1 unspecified atom stereocenters. The molecule has 1 atom stereocenters. The number of amides is 3. The smallest absolute Gasteiger partial charge is 0.410 e. The Morgan fingerprint density at radius 2 is 1.62 bits per heavy atom. The molecule has 4 fully saturated rings. The fraction of sp³-hybridized carbons (Fsp3) is 0.697. The minimum atomic E-state index is -0.838. The quantitative estimate of drug-likeness (QED) is 0.515. The number of aryl methyl sites for hydroxylation is 1. The van der Waals surface area contributed by atoms with Crippen molar-refractivity contribution in [2.45, 2.75) is 83.8 Å². The van der Waals surface area contributed by atoms with E-state index in [1.807, 2.05) is 25.7 Å². The predicted octanol–water partition coefficient (Wildman–Crippen LogP) is 3.79. The van der Waals surface area contributed by atoms with Crippen molar-refractivity contribution in [3.63, 3.8) is 0 Å². The first kappa shape index (κ1) is 31.6. The molecule has 0 saturated carbocycles. The van der Waals surface area contributed by atoms with E-state index in [2.05, 4.69) is 15.1 Å². The number of fused-ring (bicyclic) bond motifs is 1. The molecule has 1 N–H and O–H groups in total. The number of carbonyl (C=O) groups is 3. The zero-order valence-electron chi connectivity index (χ0n) is 27.1. The van der Waals surface area contributed by atoms with Crippen LogP contribution in [0.4, 0.5) is 14.9 Å². The minimum absolute atomic E-state index is 0.141. The fourth-order valence-electron chi connectivity index (χ4n) is 7.81. The van der Waals surface area contributed by atoms with Crippen LogP contribution >= 0.6 is 0 Å². The van der Waals surface area contributed by atoms with Gasteiger partial charge in [0.1, 0.15) is 17.2 Å². The summed E-state index contributed by atoms with van der Waals surface area (Å²) in [5.41, 5.74) is 0.420. The number of rotatable bonds is 4. The maximum atomic E-state index is 16.0. The molecule has 0 bridgehead atoms. The second-order valence-corrected chi connectivity index (χ2v) is 14.6. The molecule has 6 rings (SSSR count). The Balaban J connectivity index is 1.02. The first-order chi connectivity index (χ1) is 21.3. The minimum Gasteiger partial charge on any atom is -0.444 e. The van der Waals surface area contributed by atoms with Gasteiger partial charge in [-0.3, -0.25) is 24.0 Å². The third-order valence-electron chi connectivity index (χ3n) is 10.5. The number of nitrogens with zero attached hydrogens (tertiary/aromatic N) is 5. The highest BCUT2D eigenvalue weighted by atomic mass is 19.1. The molecule has 45 heavy (non-hydrogen) atoms. The van der Waals surface area contributed by atoms with Crippen LogP contribution in [0.2, 0.25) is 0 Å². The van der Waals surface area contributed by atoms with Crippen LogP contribution < -0.4 is 15.9 Å². The number of hydrogen-bond acceptors (Lipinski definition) is 7. The number of nitrogens with one attached hydrogen (secondary N) is 1. The summed E-state index contributed by atoms with van der Waals surface area (Å²) in [6.07, 6.45) is 6.50. The second-order valence-electron chi connectivity index (χ2n) is 14.6. The van der Waals surface area contributed by atoms with Crippen LogP contribution in [0, 0.1) is 17.2 Å². The summed E-state index contributed by atoms with van der Waals surface area (Å²) in [6.45, 7) is 12.0. The number of piperidine rings is 4. The van der Waals surface area contributed by atoms with Gasteiger partial charge in [-0.15, -0.1) is 0 Å². The Morgan fingerprint density at radius 1 is 0.978 bits per heavy atom. The normalized spacial score (nSPS) is 23.5. The summed E-state index contributed by atoms with van der Waals surface area (Å²) in [5.74, 6) is -0.785. The first-order valence-corrected chi connectivity index (χ1v) is 16.5. The van der Waals surface area contributed by atoms with Crippen LogP contribution in [0.5, 0.6) is 0 Å². The molecule has 1 aromatic heterocycles. The van der Waals surface area contributed by atoms with Gasteiger partial charge < -0.3 is 19.4 Å². The average molecular weight is 627 g/mol. The van der Waals surface area contributed by atoms with Gasteiger partial charge in [-0.25, -0.2) is 14.0 Å². The Bertz CT molecular complexity index is 1520. The highest BCUT2D eigenvalue weighted by Gasteiger charge is 2.40. The van der Waals surface area contributed by atoms with Gasteiger partial charge in [-0.05, 0) is 102 Å². The van der Waals surface area contributed by atoms with E-state index in [-0.39, 0.29) is 30.4 Å². The second kappa shape index (κ2) is 12.1. The van der Waals surface area contributed by atoms with Gasteiger partial charge in [-0.1, -0.05) is 0 Å². The van der Waals surface area contributed by atoms with Crippen molar-refractivity contribution in [2.75, 3.05) is 50.7 Å². The van der Waals surface area contributed by atoms with E-state index in [9.17, 15) is 19.2 Å². The van der Waals surface area contributed by atoms with Gasteiger partial charge in [0.25, 0.3) is 0 Å². The summed E-state index contributed by atoms with van der Waals surface area (Å²) in [7, 11) is 1.53. The standard InChI is InChI=1S/C33H47FN6O5/c1-32(2,3)45-31(44)39-19-13-33(14-20-39)11-17-37(18-12-33)21-22-9-15-38(16-10-22)23-5-6-24-28(27(23)34)36(4)30(43)40(24)25-7-8-26(41)35-29(25)42/h5-6,22,25H,7-21H2,1-4H3,(H,35,41,42). The molecule has 246 valence electrons. The lowest BCUT2D eigenvalue weighted by Gasteiger charge is -2.47. The van der Waals surface area contributed by atoms with E-state index >= 15 is 4.39 Å². The number of ether oxygens (including phenoxy) is 1. The summed E-state index contributed by atoms with van der Waals surface area (Å²) >= 11 is 0. The van der Waals surface area contributed by atoms with Crippen molar-refractivity contribution in [3.8, 4) is 0 Å². The van der Waals surface area contributed by atoms with E-state index in [4.69, 9.17) is 4.74 Å². The van der Waals surface area contributed by atoms with Crippen molar-refractivity contribution < 1.29 is 23.5 Å². The average Bonchev–Trinajstić information content (AvgIpc) is 3.24. The summed E-state index contributed by atoms with van der Waals surface area (Å²) < 4.78 is 24.2. The molecule has 2 aromatic rings. The molecule has 12 heteroatoms. The number of benzene rings is 1. The largest absolute Gasteiger partial charge is 0.444 e. The molecule has 4 saturated heterocycles. The molecule has 1 aromatic carbocycles. The van der Waals surface area contributed by atoms with Gasteiger partial charge in [-0.2, -0.15) is 0 Å². The Hall–Kier alpha value is -3.41. The number of imidazole rings is 1. The van der Waals surface area contributed by atoms with Gasteiger partial charge in [0.05, 0.1) is 11.2 Å². The monoisotopic (exact) mass is 626 g/mol. The topological polar surface area (TPSA) is 109 Å². The number of anilines is 1. The van der Waals surface area contributed by atoms with Crippen LogP contribution in [0.1, 0.15) is 78.2 Å². The summed E-state index contributed by atoms with van der Waals surface area (Å²) in [6, 6.07) is 2.61. The third kappa shape index (κ3) is 6.35. The number of aromatic nitrogens is 2. The van der Waals surface area contributed by atoms with Crippen LogP contribution in [0.15, 0.2) is 16.9 Å². The maximum Gasteiger partial charge on any atom is 0.410 e. The van der Waals surface area contributed by atoms with Crippen molar-refractivity contribution in [2.24, 2.45) is 18.4 Å². The Morgan fingerprint density at radius 3 is 2.24 bits per heavy atom. The zero-order valence-corrected chi connectivity index (χ0v) is 27.1. The van der Waals surface area contributed by atoms with Crippen LogP contribution in [-0.4, -0.2) is 88.3 Å². The van der Waals surface area contributed by atoms with Gasteiger partial charge >= 0.3 is 11.8 Å². The van der Waals surface area contributed by atoms with Crippen LogP contribution in [-0.2, 0) is 21.4 Å². The number of halogens is 1. The molecule has 4 aliphatic rings.